The first-order valence-corrected chi connectivity index (χ1v) is 10.7. The zero-order valence-corrected chi connectivity index (χ0v) is 18.1. The third-order valence-electron chi connectivity index (χ3n) is 4.68. The number of anilines is 1. The van der Waals surface area contributed by atoms with Gasteiger partial charge in [0.2, 0.25) is 5.91 Å². The third-order valence-corrected chi connectivity index (χ3v) is 5.65. The number of nitrogens with zero attached hydrogens (tertiary/aromatic N) is 6. The molecule has 0 unspecified atom stereocenters. The molecular formula is C21H18F3N7OS. The molecule has 2 aromatic heterocycles. The summed E-state index contributed by atoms with van der Waals surface area (Å²) < 4.78 is 42.8. The van der Waals surface area contributed by atoms with Gasteiger partial charge in [-0.3, -0.25) is 4.79 Å². The zero-order valence-electron chi connectivity index (χ0n) is 17.3. The van der Waals surface area contributed by atoms with Crippen molar-refractivity contribution in [2.75, 3.05) is 11.1 Å². The van der Waals surface area contributed by atoms with Crippen molar-refractivity contribution in [1.29, 1.82) is 0 Å². The summed E-state index contributed by atoms with van der Waals surface area (Å²) in [6, 6.07) is 12.8. The fourth-order valence-electron chi connectivity index (χ4n) is 3.08. The summed E-state index contributed by atoms with van der Waals surface area (Å²) in [5.41, 5.74) is 0.408. The number of halogens is 3. The van der Waals surface area contributed by atoms with Gasteiger partial charge < -0.3 is 9.88 Å². The highest BCUT2D eigenvalue weighted by Crippen LogP contribution is 2.33. The van der Waals surface area contributed by atoms with Crippen molar-refractivity contribution >= 4 is 23.4 Å². The highest BCUT2D eigenvalue weighted by atomic mass is 32.2. The molecule has 2 heterocycles. The summed E-state index contributed by atoms with van der Waals surface area (Å²) >= 11 is 1.15. The molecule has 0 atom stereocenters. The quantitative estimate of drug-likeness (QED) is 0.409. The van der Waals surface area contributed by atoms with E-state index in [2.05, 4.69) is 25.6 Å². The highest BCUT2D eigenvalue weighted by Gasteiger charge is 2.31. The van der Waals surface area contributed by atoms with Gasteiger partial charge in [-0.1, -0.05) is 42.1 Å². The van der Waals surface area contributed by atoms with Crippen molar-refractivity contribution in [3.63, 3.8) is 0 Å². The molecule has 4 rings (SSSR count). The van der Waals surface area contributed by atoms with E-state index in [1.165, 1.54) is 23.4 Å². The minimum atomic E-state index is -4.56. The van der Waals surface area contributed by atoms with E-state index < -0.39 is 17.6 Å². The van der Waals surface area contributed by atoms with Crippen LogP contribution in [0.15, 0.2) is 66.3 Å². The van der Waals surface area contributed by atoms with E-state index in [4.69, 9.17) is 0 Å². The second kappa shape index (κ2) is 9.45. The molecule has 0 bridgehead atoms. The molecular weight excluding hydrogens is 455 g/mol. The molecule has 12 heteroatoms. The molecule has 0 saturated heterocycles. The Balaban J connectivity index is 1.50. The monoisotopic (exact) mass is 473 g/mol. The fourth-order valence-corrected chi connectivity index (χ4v) is 3.86. The van der Waals surface area contributed by atoms with Gasteiger partial charge in [0.1, 0.15) is 18.5 Å². The number of carbonyl (C=O) groups excluding carboxylic acids is 1. The van der Waals surface area contributed by atoms with Gasteiger partial charge in [0.05, 0.1) is 29.2 Å². The zero-order chi connectivity index (χ0) is 23.4. The Bertz CT molecular complexity index is 1240. The fraction of sp³-hybridized carbons (Fsp3) is 0.190. The summed E-state index contributed by atoms with van der Waals surface area (Å²) in [6.45, 7) is 2.35. The predicted molar refractivity (Wildman–Crippen MR) is 116 cm³/mol. The summed E-state index contributed by atoms with van der Waals surface area (Å²) in [6.07, 6.45) is -1.97. The SMILES string of the molecule is Cc1nnc(SCC(=O)Nc2cc(C(F)(F)F)ccc2-n2cncn2)n1Cc1ccccc1. The summed E-state index contributed by atoms with van der Waals surface area (Å²) in [5.74, 6) is 0.126. The summed E-state index contributed by atoms with van der Waals surface area (Å²) in [4.78, 5) is 16.4. The number of benzene rings is 2. The standard InChI is InChI=1S/C21H18F3N7OS/c1-14-28-29-20(30(14)10-15-5-3-2-4-6-15)33-11-19(32)27-17-9-16(21(22,23)24)7-8-18(17)31-13-25-12-26-31/h2-9,12-13H,10-11H2,1H3,(H,27,32). The molecule has 0 saturated carbocycles. The second-order valence-corrected chi connectivity index (χ2v) is 7.95. The van der Waals surface area contributed by atoms with Gasteiger partial charge in [0, 0.05) is 0 Å². The maximum Gasteiger partial charge on any atom is 0.416 e. The van der Waals surface area contributed by atoms with E-state index in [-0.39, 0.29) is 17.1 Å². The molecule has 0 aliphatic carbocycles. The molecule has 8 nitrogen and oxygen atoms in total. The predicted octanol–water partition coefficient (Wildman–Crippen LogP) is 3.97. The first-order chi connectivity index (χ1) is 15.8. The molecule has 2 aromatic carbocycles. The first-order valence-electron chi connectivity index (χ1n) is 9.74. The van der Waals surface area contributed by atoms with Gasteiger partial charge in [-0.15, -0.1) is 10.2 Å². The van der Waals surface area contributed by atoms with Crippen molar-refractivity contribution in [2.45, 2.75) is 24.8 Å². The molecule has 0 aliphatic rings. The molecule has 0 aliphatic heterocycles. The Hall–Kier alpha value is -3.67. The molecule has 1 N–H and O–H groups in total. The minimum absolute atomic E-state index is 0.0251. The van der Waals surface area contributed by atoms with E-state index in [1.807, 2.05) is 41.8 Å². The molecule has 1 amide bonds. The van der Waals surface area contributed by atoms with E-state index in [0.717, 1.165) is 29.5 Å². The molecule has 0 radical (unpaired) electrons. The Kier molecular flexibility index (Phi) is 6.45. The van der Waals surface area contributed by atoms with Crippen LogP contribution < -0.4 is 5.32 Å². The lowest BCUT2D eigenvalue weighted by atomic mass is 10.1. The van der Waals surface area contributed by atoms with E-state index in [1.54, 1.807) is 0 Å². The number of rotatable bonds is 7. The number of thioether (sulfide) groups is 1. The first kappa shape index (κ1) is 22.5. The number of aryl methyl sites for hydroxylation is 1. The van der Waals surface area contributed by atoms with Gasteiger partial charge in [0.15, 0.2) is 5.16 Å². The van der Waals surface area contributed by atoms with Gasteiger partial charge >= 0.3 is 6.18 Å². The molecule has 0 fully saturated rings. The number of alkyl halides is 3. The summed E-state index contributed by atoms with van der Waals surface area (Å²) in [5, 5.41) is 15.2. The van der Waals surface area contributed by atoms with Gasteiger partial charge in [-0.05, 0) is 30.7 Å². The number of amides is 1. The highest BCUT2D eigenvalue weighted by molar-refractivity contribution is 7.99. The van der Waals surface area contributed by atoms with Crippen LogP contribution in [0.5, 0.6) is 0 Å². The van der Waals surface area contributed by atoms with Crippen LogP contribution in [-0.2, 0) is 17.5 Å². The third kappa shape index (κ3) is 5.40. The largest absolute Gasteiger partial charge is 0.416 e. The Labute approximate surface area is 190 Å². The molecule has 4 aromatic rings. The normalized spacial score (nSPS) is 11.5. The van der Waals surface area contributed by atoms with Gasteiger partial charge in [-0.25, -0.2) is 9.67 Å². The topological polar surface area (TPSA) is 90.5 Å². The maximum atomic E-state index is 13.2. The second-order valence-electron chi connectivity index (χ2n) is 7.01. The van der Waals surface area contributed by atoms with E-state index >= 15 is 0 Å². The van der Waals surface area contributed by atoms with Crippen LogP contribution in [0.2, 0.25) is 0 Å². The van der Waals surface area contributed by atoms with Crippen LogP contribution in [0.3, 0.4) is 0 Å². The lowest BCUT2D eigenvalue weighted by Gasteiger charge is -2.14. The van der Waals surface area contributed by atoms with Crippen LogP contribution in [0.25, 0.3) is 5.69 Å². The van der Waals surface area contributed by atoms with Crippen LogP contribution >= 0.6 is 11.8 Å². The average Bonchev–Trinajstić information content (AvgIpc) is 3.43. The number of hydrogen-bond donors (Lipinski definition) is 1. The molecule has 33 heavy (non-hydrogen) atoms. The Morgan fingerprint density at radius 1 is 1.12 bits per heavy atom. The Morgan fingerprint density at radius 2 is 1.91 bits per heavy atom. The van der Waals surface area contributed by atoms with Crippen molar-refractivity contribution < 1.29 is 18.0 Å². The molecule has 170 valence electrons. The summed E-state index contributed by atoms with van der Waals surface area (Å²) in [7, 11) is 0. The molecule has 0 spiro atoms. The Morgan fingerprint density at radius 3 is 2.61 bits per heavy atom. The smallest absolute Gasteiger partial charge is 0.323 e. The van der Waals surface area contributed by atoms with Crippen LogP contribution in [-0.4, -0.2) is 41.2 Å². The maximum absolute atomic E-state index is 13.2. The lowest BCUT2D eigenvalue weighted by Crippen LogP contribution is -2.17. The number of hydrogen-bond acceptors (Lipinski definition) is 6. The van der Waals surface area contributed by atoms with Crippen LogP contribution in [0, 0.1) is 6.92 Å². The van der Waals surface area contributed by atoms with Crippen molar-refractivity contribution in [3.05, 3.63) is 78.1 Å². The van der Waals surface area contributed by atoms with Crippen LogP contribution in [0.1, 0.15) is 17.0 Å². The number of carbonyl (C=O) groups is 1. The lowest BCUT2D eigenvalue weighted by molar-refractivity contribution is -0.137. The van der Waals surface area contributed by atoms with Crippen molar-refractivity contribution in [3.8, 4) is 5.69 Å². The van der Waals surface area contributed by atoms with Crippen molar-refractivity contribution in [2.24, 2.45) is 0 Å². The van der Waals surface area contributed by atoms with Crippen molar-refractivity contribution in [1.82, 2.24) is 29.5 Å². The number of nitrogens with one attached hydrogen (secondary N) is 1. The van der Waals surface area contributed by atoms with Gasteiger partial charge in [-0.2, -0.15) is 18.3 Å². The number of aromatic nitrogens is 6. The van der Waals surface area contributed by atoms with E-state index in [9.17, 15) is 18.0 Å². The average molecular weight is 473 g/mol. The van der Waals surface area contributed by atoms with Gasteiger partial charge in [0.25, 0.3) is 0 Å². The van der Waals surface area contributed by atoms with Crippen LogP contribution in [0.4, 0.5) is 18.9 Å². The van der Waals surface area contributed by atoms with E-state index in [0.29, 0.717) is 17.5 Å². The minimum Gasteiger partial charge on any atom is -0.323 e.